The van der Waals surface area contributed by atoms with Gasteiger partial charge in [0.1, 0.15) is 0 Å². The van der Waals surface area contributed by atoms with Gasteiger partial charge < -0.3 is 9.83 Å². The van der Waals surface area contributed by atoms with E-state index in [2.05, 4.69) is 40.9 Å². The van der Waals surface area contributed by atoms with Crippen LogP contribution in [-0.4, -0.2) is 16.1 Å². The molecular formula is C18H24N2O2S2. The largest absolute Gasteiger partial charge is 0.481 e. The topological polar surface area (TPSA) is 62.2 Å². The van der Waals surface area contributed by atoms with Crippen molar-refractivity contribution in [3.05, 3.63) is 40.4 Å². The third kappa shape index (κ3) is 6.53. The van der Waals surface area contributed by atoms with Crippen molar-refractivity contribution in [2.45, 2.75) is 57.3 Å². The summed E-state index contributed by atoms with van der Waals surface area (Å²) < 4.78 is 3.31. The zero-order valence-electron chi connectivity index (χ0n) is 14.2. The molecule has 130 valence electrons. The normalized spacial score (nSPS) is 10.8. The molecule has 0 amide bonds. The summed E-state index contributed by atoms with van der Waals surface area (Å²) in [6.07, 6.45) is 5.28. The molecule has 0 saturated carbocycles. The van der Waals surface area contributed by atoms with Crippen LogP contribution in [0.1, 0.15) is 48.2 Å². The van der Waals surface area contributed by atoms with E-state index in [1.807, 2.05) is 6.92 Å². The molecule has 6 heteroatoms. The number of aryl methyl sites for hydroxylation is 3. The van der Waals surface area contributed by atoms with Crippen LogP contribution in [0.4, 0.5) is 5.13 Å². The van der Waals surface area contributed by atoms with Gasteiger partial charge in [-0.15, -0.1) is 11.3 Å². The van der Waals surface area contributed by atoms with Gasteiger partial charge in [-0.05, 0) is 62.8 Å². The second-order valence-corrected chi connectivity index (χ2v) is 7.90. The molecule has 0 fully saturated rings. The van der Waals surface area contributed by atoms with Gasteiger partial charge in [-0.25, -0.2) is 4.98 Å². The molecule has 1 aromatic heterocycles. The van der Waals surface area contributed by atoms with Crippen LogP contribution in [-0.2, 0) is 11.2 Å². The summed E-state index contributed by atoms with van der Waals surface area (Å²) in [6.45, 7) is 4.11. The van der Waals surface area contributed by atoms with E-state index in [1.165, 1.54) is 15.3 Å². The van der Waals surface area contributed by atoms with Gasteiger partial charge in [-0.3, -0.25) is 4.79 Å². The Morgan fingerprint density at radius 3 is 2.75 bits per heavy atom. The quantitative estimate of drug-likeness (QED) is 0.433. The van der Waals surface area contributed by atoms with Crippen molar-refractivity contribution < 1.29 is 9.90 Å². The molecule has 0 saturated heterocycles. The van der Waals surface area contributed by atoms with Crippen LogP contribution in [0.5, 0.6) is 0 Å². The van der Waals surface area contributed by atoms with Crippen molar-refractivity contribution in [3.63, 3.8) is 0 Å². The molecule has 2 N–H and O–H groups in total. The molecule has 0 aliphatic carbocycles. The van der Waals surface area contributed by atoms with Gasteiger partial charge in [0, 0.05) is 16.2 Å². The summed E-state index contributed by atoms with van der Waals surface area (Å²) >= 11 is 3.27. The van der Waals surface area contributed by atoms with Gasteiger partial charge in [-0.1, -0.05) is 25.0 Å². The van der Waals surface area contributed by atoms with E-state index in [0.717, 1.165) is 42.9 Å². The average Bonchev–Trinajstić information content (AvgIpc) is 2.87. The highest BCUT2D eigenvalue weighted by Gasteiger charge is 2.04. The van der Waals surface area contributed by atoms with Crippen LogP contribution < -0.4 is 4.72 Å². The van der Waals surface area contributed by atoms with E-state index in [-0.39, 0.29) is 6.42 Å². The van der Waals surface area contributed by atoms with Gasteiger partial charge in [0.2, 0.25) is 0 Å². The summed E-state index contributed by atoms with van der Waals surface area (Å²) in [5.74, 6) is -0.696. The van der Waals surface area contributed by atoms with Gasteiger partial charge in [0.25, 0.3) is 0 Å². The standard InChI is InChI=1S/C18H24N2O2S2/c1-13-14(2)23-18(19-13)20-24-16-10-7-9-15(12-16)8-5-3-4-6-11-17(21)22/h7,9-10,12H,3-6,8,11H2,1-2H3,(H,19,20)(H,21,22). The second-order valence-electron chi connectivity index (χ2n) is 5.82. The van der Waals surface area contributed by atoms with Crippen LogP contribution in [0.25, 0.3) is 0 Å². The lowest BCUT2D eigenvalue weighted by Crippen LogP contribution is -1.94. The molecule has 2 aromatic rings. The Kier molecular flexibility index (Phi) is 7.59. The van der Waals surface area contributed by atoms with Crippen LogP contribution >= 0.6 is 23.3 Å². The highest BCUT2D eigenvalue weighted by atomic mass is 32.2. The van der Waals surface area contributed by atoms with Crippen LogP contribution in [0.2, 0.25) is 0 Å². The number of aliphatic carboxylic acids is 1. The lowest BCUT2D eigenvalue weighted by atomic mass is 10.1. The summed E-state index contributed by atoms with van der Waals surface area (Å²) in [7, 11) is 0. The molecule has 0 bridgehead atoms. The molecule has 2 rings (SSSR count). The number of nitrogens with one attached hydrogen (secondary N) is 1. The van der Waals surface area contributed by atoms with E-state index in [1.54, 1.807) is 23.3 Å². The predicted molar refractivity (Wildman–Crippen MR) is 102 cm³/mol. The smallest absolute Gasteiger partial charge is 0.303 e. The zero-order valence-corrected chi connectivity index (χ0v) is 15.8. The number of benzene rings is 1. The summed E-state index contributed by atoms with van der Waals surface area (Å²) in [6, 6.07) is 8.55. The molecule has 0 unspecified atom stereocenters. The highest BCUT2D eigenvalue weighted by Crippen LogP contribution is 2.27. The number of unbranched alkanes of at least 4 members (excludes halogenated alkanes) is 3. The first-order valence-electron chi connectivity index (χ1n) is 8.22. The fourth-order valence-corrected chi connectivity index (χ4v) is 3.91. The zero-order chi connectivity index (χ0) is 17.4. The van der Waals surface area contributed by atoms with Crippen LogP contribution in [0, 0.1) is 13.8 Å². The summed E-state index contributed by atoms with van der Waals surface area (Å²) in [5.41, 5.74) is 2.41. The average molecular weight is 365 g/mol. The van der Waals surface area contributed by atoms with Gasteiger partial charge in [0.05, 0.1) is 5.69 Å². The molecule has 0 aliphatic heterocycles. The number of rotatable bonds is 10. The number of hydrogen-bond acceptors (Lipinski definition) is 5. The fraction of sp³-hybridized carbons (Fsp3) is 0.444. The number of hydrogen-bond donors (Lipinski definition) is 2. The van der Waals surface area contributed by atoms with E-state index < -0.39 is 5.97 Å². The first-order chi connectivity index (χ1) is 11.5. The Bertz CT molecular complexity index is 651. The minimum Gasteiger partial charge on any atom is -0.481 e. The van der Waals surface area contributed by atoms with E-state index >= 15 is 0 Å². The molecule has 4 nitrogen and oxygen atoms in total. The number of aromatic nitrogens is 1. The predicted octanol–water partition coefficient (Wildman–Crippen LogP) is 5.46. The Labute approximate surface area is 151 Å². The molecule has 0 radical (unpaired) electrons. The number of carbonyl (C=O) groups is 1. The van der Waals surface area contributed by atoms with Crippen molar-refractivity contribution in [2.75, 3.05) is 4.72 Å². The van der Waals surface area contributed by atoms with Crippen molar-refractivity contribution in [1.29, 1.82) is 0 Å². The fourth-order valence-electron chi connectivity index (χ4n) is 2.34. The Balaban J connectivity index is 1.73. The lowest BCUT2D eigenvalue weighted by Gasteiger charge is -2.05. The van der Waals surface area contributed by atoms with Crippen molar-refractivity contribution in [1.82, 2.24) is 4.98 Å². The van der Waals surface area contributed by atoms with Crippen molar-refractivity contribution in [2.24, 2.45) is 0 Å². The first kappa shape index (κ1) is 18.8. The number of thiazole rings is 1. The molecule has 0 atom stereocenters. The summed E-state index contributed by atoms with van der Waals surface area (Å²) in [4.78, 5) is 17.4. The van der Waals surface area contributed by atoms with E-state index in [9.17, 15) is 4.79 Å². The van der Waals surface area contributed by atoms with E-state index in [4.69, 9.17) is 5.11 Å². The van der Waals surface area contributed by atoms with Gasteiger partial charge in [-0.2, -0.15) is 0 Å². The maximum Gasteiger partial charge on any atom is 0.303 e. The second kappa shape index (κ2) is 9.69. The number of nitrogens with zero attached hydrogens (tertiary/aromatic N) is 1. The van der Waals surface area contributed by atoms with Crippen molar-refractivity contribution in [3.8, 4) is 0 Å². The number of carboxylic acid groups (broad SMARTS) is 1. The van der Waals surface area contributed by atoms with Crippen molar-refractivity contribution >= 4 is 34.4 Å². The monoisotopic (exact) mass is 364 g/mol. The van der Waals surface area contributed by atoms with Gasteiger partial charge >= 0.3 is 5.97 Å². The first-order valence-corrected chi connectivity index (χ1v) is 9.85. The van der Waals surface area contributed by atoms with Crippen LogP contribution in [0.3, 0.4) is 0 Å². The SMILES string of the molecule is Cc1nc(NSc2cccc(CCCCCCC(=O)O)c2)sc1C. The number of carboxylic acids is 1. The third-order valence-electron chi connectivity index (χ3n) is 3.79. The minimum absolute atomic E-state index is 0.285. The number of anilines is 1. The van der Waals surface area contributed by atoms with Crippen LogP contribution in [0.15, 0.2) is 29.2 Å². The molecule has 24 heavy (non-hydrogen) atoms. The Morgan fingerprint density at radius 1 is 1.25 bits per heavy atom. The van der Waals surface area contributed by atoms with Gasteiger partial charge in [0.15, 0.2) is 5.13 Å². The summed E-state index contributed by atoms with van der Waals surface area (Å²) in [5, 5.41) is 9.56. The highest BCUT2D eigenvalue weighted by molar-refractivity contribution is 8.00. The Hall–Kier alpha value is -1.53. The third-order valence-corrected chi connectivity index (χ3v) is 5.69. The molecule has 0 spiro atoms. The maximum atomic E-state index is 10.5. The minimum atomic E-state index is -0.696. The lowest BCUT2D eigenvalue weighted by molar-refractivity contribution is -0.137. The maximum absolute atomic E-state index is 10.5. The Morgan fingerprint density at radius 2 is 2.04 bits per heavy atom. The molecule has 1 heterocycles. The van der Waals surface area contributed by atoms with E-state index in [0.29, 0.717) is 0 Å². The molecule has 0 aliphatic rings. The molecular weight excluding hydrogens is 340 g/mol. The molecule has 1 aromatic carbocycles.